The molecule has 3 aliphatic rings. The molecule has 2 aliphatic heterocycles. The average molecular weight is 500 g/mol. The van der Waals surface area contributed by atoms with Crippen LogP contribution in [0.2, 0.25) is 5.02 Å². The number of ketones is 2. The number of ether oxygens (including phenoxy) is 1. The van der Waals surface area contributed by atoms with Crippen molar-refractivity contribution in [3.05, 3.63) is 100 Å². The predicted molar refractivity (Wildman–Crippen MR) is 133 cm³/mol. The molecule has 2 amide bonds. The molecule has 2 saturated heterocycles. The van der Waals surface area contributed by atoms with Gasteiger partial charge in [-0.15, -0.1) is 0 Å². The Morgan fingerprint density at radius 1 is 0.806 bits per heavy atom. The quantitative estimate of drug-likeness (QED) is 0.367. The molecule has 36 heavy (non-hydrogen) atoms. The predicted octanol–water partition coefficient (Wildman–Crippen LogP) is 5.16. The van der Waals surface area contributed by atoms with Crippen LogP contribution in [0, 0.1) is 11.8 Å². The lowest BCUT2D eigenvalue weighted by Gasteiger charge is -2.27. The van der Waals surface area contributed by atoms with Crippen LogP contribution in [0.15, 0.2) is 72.8 Å². The minimum atomic E-state index is -2.09. The molecule has 0 bridgehead atoms. The third kappa shape index (κ3) is 2.95. The second-order valence-corrected chi connectivity index (χ2v) is 10.2. The fraction of sp³-hybridized carbons (Fsp3) is 0.241. The summed E-state index contributed by atoms with van der Waals surface area (Å²) >= 11 is 6.07. The lowest BCUT2D eigenvalue weighted by Crippen LogP contribution is -2.51. The van der Waals surface area contributed by atoms with Gasteiger partial charge in [0.2, 0.25) is 29.0 Å². The van der Waals surface area contributed by atoms with Gasteiger partial charge in [-0.1, -0.05) is 74.0 Å². The van der Waals surface area contributed by atoms with Gasteiger partial charge >= 0.3 is 0 Å². The summed E-state index contributed by atoms with van der Waals surface area (Å²) in [5, 5.41) is 0.490. The van der Waals surface area contributed by atoms with Crippen molar-refractivity contribution in [1.29, 1.82) is 0 Å². The molecule has 1 spiro atoms. The maximum atomic E-state index is 14.0. The van der Waals surface area contributed by atoms with E-state index in [0.717, 1.165) is 10.5 Å². The monoisotopic (exact) mass is 499 g/mol. The van der Waals surface area contributed by atoms with E-state index in [0.29, 0.717) is 16.3 Å². The van der Waals surface area contributed by atoms with Crippen LogP contribution in [-0.4, -0.2) is 29.0 Å². The van der Waals surface area contributed by atoms with E-state index in [1.165, 1.54) is 0 Å². The van der Waals surface area contributed by atoms with Gasteiger partial charge in [-0.2, -0.15) is 0 Å². The largest absolute Gasteiger partial charge is 0.349 e. The summed E-state index contributed by atoms with van der Waals surface area (Å²) in [7, 11) is 0. The van der Waals surface area contributed by atoms with Crippen LogP contribution >= 0.6 is 11.6 Å². The molecule has 2 heterocycles. The Kier molecular flexibility index (Phi) is 5.04. The number of nitrogens with zero attached hydrogens (tertiary/aromatic N) is 1. The third-order valence-electron chi connectivity index (χ3n) is 7.54. The number of carbonyl (C=O) groups is 4. The lowest BCUT2D eigenvalue weighted by atomic mass is 9.77. The summed E-state index contributed by atoms with van der Waals surface area (Å²) < 4.78 is 6.27. The Balaban J connectivity index is 1.51. The van der Waals surface area contributed by atoms with Crippen LogP contribution in [-0.2, 0) is 14.3 Å². The van der Waals surface area contributed by atoms with E-state index in [2.05, 4.69) is 13.8 Å². The van der Waals surface area contributed by atoms with Crippen molar-refractivity contribution in [3.8, 4) is 0 Å². The molecular formula is C29H22ClNO5. The van der Waals surface area contributed by atoms with Crippen molar-refractivity contribution in [2.45, 2.75) is 31.5 Å². The lowest BCUT2D eigenvalue weighted by molar-refractivity contribution is -0.127. The van der Waals surface area contributed by atoms with E-state index in [1.54, 1.807) is 60.7 Å². The first-order chi connectivity index (χ1) is 17.3. The fourth-order valence-corrected chi connectivity index (χ4v) is 5.86. The van der Waals surface area contributed by atoms with Gasteiger partial charge in [-0.05, 0) is 41.3 Å². The molecule has 6 rings (SSSR count). The number of carbonyl (C=O) groups excluding carboxylic acids is 4. The van der Waals surface area contributed by atoms with Crippen molar-refractivity contribution in [2.75, 3.05) is 4.90 Å². The maximum absolute atomic E-state index is 14.0. The minimum absolute atomic E-state index is 0.206. The van der Waals surface area contributed by atoms with E-state index in [1.807, 2.05) is 12.1 Å². The number of imide groups is 1. The summed E-state index contributed by atoms with van der Waals surface area (Å²) in [6, 6.07) is 20.3. The highest BCUT2D eigenvalue weighted by Crippen LogP contribution is 2.57. The summed E-state index contributed by atoms with van der Waals surface area (Å²) in [5.74, 6) is -4.28. The Morgan fingerprint density at radius 2 is 1.39 bits per heavy atom. The number of hydrogen-bond acceptors (Lipinski definition) is 5. The number of benzene rings is 3. The molecule has 3 aromatic carbocycles. The smallest absolute Gasteiger partial charge is 0.241 e. The summed E-state index contributed by atoms with van der Waals surface area (Å²) in [5.41, 5.74) is 0.368. The standard InChI is InChI=1S/C29H22ClNO5/c1-15(2)16-9-13-19(14-10-16)31-27(34)22-23(28(31)35)29(36-24(22)17-7-11-18(30)12-8-17)25(32)20-5-3-4-6-21(20)26(29)33/h3-15,22-24H,1-2H3/t22-,23+,24+/m1/s1. The van der Waals surface area contributed by atoms with Crippen LogP contribution in [0.1, 0.15) is 57.7 Å². The van der Waals surface area contributed by atoms with Crippen molar-refractivity contribution >= 4 is 40.7 Å². The highest BCUT2D eigenvalue weighted by molar-refractivity contribution is 6.37. The minimum Gasteiger partial charge on any atom is -0.349 e. The normalized spacial score (nSPS) is 24.2. The Hall–Kier alpha value is -3.61. The number of Topliss-reactive ketones (excluding diaryl/α,β-unsaturated/α-hetero) is 2. The van der Waals surface area contributed by atoms with E-state index in [-0.39, 0.29) is 17.0 Å². The molecule has 2 fully saturated rings. The number of halogens is 1. The fourth-order valence-electron chi connectivity index (χ4n) is 5.73. The van der Waals surface area contributed by atoms with Gasteiger partial charge in [-0.3, -0.25) is 19.2 Å². The molecule has 0 saturated carbocycles. The van der Waals surface area contributed by atoms with Gasteiger partial charge in [0.15, 0.2) is 0 Å². The summed E-state index contributed by atoms with van der Waals surface area (Å²) in [4.78, 5) is 56.5. The zero-order valence-corrected chi connectivity index (χ0v) is 20.4. The highest BCUT2D eigenvalue weighted by Gasteiger charge is 2.74. The number of rotatable bonds is 3. The highest BCUT2D eigenvalue weighted by atomic mass is 35.5. The zero-order chi connectivity index (χ0) is 25.4. The molecule has 7 heteroatoms. The third-order valence-corrected chi connectivity index (χ3v) is 7.79. The summed E-state index contributed by atoms with van der Waals surface area (Å²) in [6.45, 7) is 4.11. The first-order valence-electron chi connectivity index (χ1n) is 11.9. The summed E-state index contributed by atoms with van der Waals surface area (Å²) in [6.07, 6.45) is -0.967. The molecule has 6 nitrogen and oxygen atoms in total. The van der Waals surface area contributed by atoms with E-state index < -0.39 is 46.9 Å². The van der Waals surface area contributed by atoms with Gasteiger partial charge in [0.25, 0.3) is 0 Å². The molecule has 0 aromatic heterocycles. The average Bonchev–Trinajstić information content (AvgIpc) is 3.44. The SMILES string of the molecule is CC(C)c1ccc(N2C(=O)[C@@H]3[C@@H](C2=O)C2(O[C@H]3c3ccc(Cl)cc3)C(=O)c3ccccc3C2=O)cc1. The first-order valence-corrected chi connectivity index (χ1v) is 12.2. The number of hydrogen-bond donors (Lipinski definition) is 0. The van der Waals surface area contributed by atoms with Gasteiger partial charge in [0.05, 0.1) is 23.6 Å². The van der Waals surface area contributed by atoms with Crippen LogP contribution in [0.4, 0.5) is 5.69 Å². The van der Waals surface area contributed by atoms with Gasteiger partial charge in [0.1, 0.15) is 0 Å². The topological polar surface area (TPSA) is 80.8 Å². The second-order valence-electron chi connectivity index (χ2n) is 9.79. The van der Waals surface area contributed by atoms with Crippen LogP contribution in [0.5, 0.6) is 0 Å². The van der Waals surface area contributed by atoms with Crippen LogP contribution in [0.3, 0.4) is 0 Å². The first kappa shape index (κ1) is 22.8. The Bertz CT molecular complexity index is 1410. The van der Waals surface area contributed by atoms with Gasteiger partial charge < -0.3 is 4.74 Å². The Labute approximate surface area is 212 Å². The number of anilines is 1. The van der Waals surface area contributed by atoms with Crippen molar-refractivity contribution < 1.29 is 23.9 Å². The molecule has 0 N–H and O–H groups in total. The zero-order valence-electron chi connectivity index (χ0n) is 19.6. The van der Waals surface area contributed by atoms with Crippen LogP contribution < -0.4 is 4.90 Å². The maximum Gasteiger partial charge on any atom is 0.241 e. The second kappa shape index (κ2) is 7.95. The van der Waals surface area contributed by atoms with Crippen molar-refractivity contribution in [2.24, 2.45) is 11.8 Å². The molecule has 1 aliphatic carbocycles. The molecular weight excluding hydrogens is 478 g/mol. The van der Waals surface area contributed by atoms with Crippen molar-refractivity contribution in [3.63, 3.8) is 0 Å². The molecule has 0 radical (unpaired) electrons. The molecule has 0 unspecified atom stereocenters. The number of amides is 2. The van der Waals surface area contributed by atoms with E-state index in [9.17, 15) is 19.2 Å². The van der Waals surface area contributed by atoms with Crippen molar-refractivity contribution in [1.82, 2.24) is 0 Å². The van der Waals surface area contributed by atoms with Crippen LogP contribution in [0.25, 0.3) is 0 Å². The number of fused-ring (bicyclic) bond motifs is 3. The molecule has 180 valence electrons. The van der Waals surface area contributed by atoms with Gasteiger partial charge in [-0.25, -0.2) is 4.90 Å². The Morgan fingerprint density at radius 3 is 1.94 bits per heavy atom. The molecule has 3 atom stereocenters. The van der Waals surface area contributed by atoms with E-state index >= 15 is 0 Å². The molecule has 3 aromatic rings. The van der Waals surface area contributed by atoms with E-state index in [4.69, 9.17) is 16.3 Å². The van der Waals surface area contributed by atoms with Gasteiger partial charge in [0, 0.05) is 16.1 Å².